The van der Waals surface area contributed by atoms with E-state index in [0.29, 0.717) is 12.6 Å². The average Bonchev–Trinajstić information content (AvgIpc) is 2.28. The molecule has 0 saturated carbocycles. The topological polar surface area (TPSA) is 70.5 Å². The summed E-state index contributed by atoms with van der Waals surface area (Å²) >= 11 is 0. The van der Waals surface area contributed by atoms with Gasteiger partial charge in [0.05, 0.1) is 13.1 Å². The molecule has 0 atom stereocenters. The molecule has 5 heteroatoms. The van der Waals surface area contributed by atoms with E-state index in [1.165, 1.54) is 25.7 Å². The molecule has 0 rings (SSSR count). The van der Waals surface area contributed by atoms with Crippen molar-refractivity contribution in [2.24, 2.45) is 0 Å². The van der Waals surface area contributed by atoms with Crippen molar-refractivity contribution in [3.63, 3.8) is 0 Å². The Morgan fingerprint density at radius 3 is 1.65 bits per heavy atom. The van der Waals surface area contributed by atoms with Crippen LogP contribution in [0.4, 0.5) is 0 Å². The summed E-state index contributed by atoms with van der Waals surface area (Å²) in [4.78, 5) is 9.72. The second kappa shape index (κ2) is 11.2. The lowest BCUT2D eigenvalue weighted by Gasteiger charge is -2.09. The third kappa shape index (κ3) is 12.4. The molecule has 0 fully saturated rings. The van der Waals surface area contributed by atoms with Crippen molar-refractivity contribution in [3.8, 4) is 0 Å². The molecular weight excluding hydrogens is 235 g/mol. The lowest BCUT2D eigenvalue weighted by Crippen LogP contribution is -2.88. The minimum absolute atomic E-state index is 0.390. The molecule has 0 aromatic carbocycles. The molecule has 0 aromatic heterocycles. The highest BCUT2D eigenvalue weighted by atomic mass is 31.2. The van der Waals surface area contributed by atoms with Crippen molar-refractivity contribution in [2.75, 3.05) is 25.7 Å². The van der Waals surface area contributed by atoms with Crippen molar-refractivity contribution >= 4 is 7.37 Å². The summed E-state index contributed by atoms with van der Waals surface area (Å²) < 4.78 is 11.8. The monoisotopic (exact) mass is 266 g/mol. The second-order valence-electron chi connectivity index (χ2n) is 4.78. The van der Waals surface area contributed by atoms with Gasteiger partial charge in [-0.3, -0.25) is 4.57 Å². The summed E-state index contributed by atoms with van der Waals surface area (Å²) in [6.45, 7) is 6.30. The Morgan fingerprint density at radius 1 is 0.882 bits per heavy atom. The van der Waals surface area contributed by atoms with E-state index in [-0.39, 0.29) is 0 Å². The summed E-state index contributed by atoms with van der Waals surface area (Å²) in [6.07, 6.45) is 7.92. The molecule has 0 aliphatic carbocycles. The highest BCUT2D eigenvalue weighted by Crippen LogP contribution is 2.33. The van der Waals surface area contributed by atoms with E-state index in [1.807, 2.05) is 10.6 Å². The van der Waals surface area contributed by atoms with Crippen LogP contribution in [-0.4, -0.2) is 30.6 Å². The third-order valence-corrected chi connectivity index (χ3v) is 4.51. The van der Waals surface area contributed by atoms with E-state index >= 15 is 0 Å². The van der Waals surface area contributed by atoms with Crippen LogP contribution in [-0.2, 0) is 4.57 Å². The Hall–Kier alpha value is 0.110. The fraction of sp³-hybridized carbons (Fsp3) is 1.00. The number of rotatable bonds is 12. The Kier molecular flexibility index (Phi) is 11.3. The molecule has 0 aromatic rings. The fourth-order valence-corrected chi connectivity index (χ4v) is 3.06. The highest BCUT2D eigenvalue weighted by molar-refractivity contribution is 7.57. The first-order chi connectivity index (χ1) is 8.12. The minimum Gasteiger partial charge on any atom is -0.338 e. The van der Waals surface area contributed by atoms with Gasteiger partial charge in [-0.1, -0.05) is 26.7 Å². The smallest absolute Gasteiger partial charge is 0.305 e. The molecule has 0 saturated heterocycles. The molecule has 0 bridgehead atoms. The van der Waals surface area contributed by atoms with Crippen LogP contribution < -0.4 is 10.6 Å². The standard InChI is InChI=1S/C12H29N2O2P/c1-3-5-7-9-13-11-17(15,16)12-14-10-8-6-4-2/h13-14H,3-12H2,1-2H3,(H,15,16)/p+2. The maximum atomic E-state index is 11.8. The normalized spacial score (nSPS) is 11.9. The summed E-state index contributed by atoms with van der Waals surface area (Å²) in [5.41, 5.74) is 0. The van der Waals surface area contributed by atoms with Gasteiger partial charge in [0.1, 0.15) is 0 Å². The summed E-state index contributed by atoms with van der Waals surface area (Å²) in [7, 11) is -2.90. The lowest BCUT2D eigenvalue weighted by atomic mass is 10.2. The Balaban J connectivity index is 3.42. The van der Waals surface area contributed by atoms with Gasteiger partial charge in [-0.15, -0.1) is 0 Å². The van der Waals surface area contributed by atoms with Crippen LogP contribution in [0.1, 0.15) is 52.4 Å². The van der Waals surface area contributed by atoms with Gasteiger partial charge < -0.3 is 15.5 Å². The lowest BCUT2D eigenvalue weighted by molar-refractivity contribution is -0.651. The van der Waals surface area contributed by atoms with Gasteiger partial charge in [0.2, 0.25) is 0 Å². The zero-order valence-electron chi connectivity index (χ0n) is 11.5. The summed E-state index contributed by atoms with van der Waals surface area (Å²) in [6, 6.07) is 0. The largest absolute Gasteiger partial charge is 0.338 e. The minimum atomic E-state index is -2.90. The maximum Gasteiger partial charge on any atom is 0.305 e. The van der Waals surface area contributed by atoms with Crippen LogP contribution in [0.25, 0.3) is 0 Å². The molecule has 104 valence electrons. The first kappa shape index (κ1) is 17.1. The van der Waals surface area contributed by atoms with Gasteiger partial charge >= 0.3 is 7.37 Å². The second-order valence-corrected chi connectivity index (χ2v) is 7.20. The molecule has 0 heterocycles. The number of hydrogen-bond donors (Lipinski definition) is 3. The van der Waals surface area contributed by atoms with E-state index < -0.39 is 7.37 Å². The van der Waals surface area contributed by atoms with Crippen molar-refractivity contribution in [1.82, 2.24) is 0 Å². The van der Waals surface area contributed by atoms with E-state index in [0.717, 1.165) is 25.9 Å². The van der Waals surface area contributed by atoms with Crippen molar-refractivity contribution in [2.45, 2.75) is 52.4 Å². The van der Waals surface area contributed by atoms with Crippen molar-refractivity contribution in [1.29, 1.82) is 0 Å². The van der Waals surface area contributed by atoms with E-state index in [4.69, 9.17) is 0 Å². The molecule has 0 spiro atoms. The molecule has 0 aliphatic rings. The number of unbranched alkanes of at least 4 members (excludes halogenated alkanes) is 4. The predicted octanol–water partition coefficient (Wildman–Crippen LogP) is 0.679. The Bertz CT molecular complexity index is 195. The maximum absolute atomic E-state index is 11.8. The van der Waals surface area contributed by atoms with Crippen LogP contribution in [0.2, 0.25) is 0 Å². The van der Waals surface area contributed by atoms with Crippen molar-refractivity contribution in [3.05, 3.63) is 0 Å². The van der Waals surface area contributed by atoms with Crippen LogP contribution >= 0.6 is 7.37 Å². The summed E-state index contributed by atoms with van der Waals surface area (Å²) in [5.74, 6) is 0. The van der Waals surface area contributed by atoms with Gasteiger partial charge in [-0.2, -0.15) is 0 Å². The third-order valence-electron chi connectivity index (χ3n) is 2.85. The molecule has 0 radical (unpaired) electrons. The Labute approximate surface area is 106 Å². The highest BCUT2D eigenvalue weighted by Gasteiger charge is 2.22. The molecule has 0 aliphatic heterocycles. The molecule has 5 N–H and O–H groups in total. The summed E-state index contributed by atoms with van der Waals surface area (Å²) in [5, 5.41) is 3.99. The van der Waals surface area contributed by atoms with Crippen LogP contribution in [0.5, 0.6) is 0 Å². The molecular formula is C12H31N2O2P+2. The van der Waals surface area contributed by atoms with Crippen LogP contribution in [0.3, 0.4) is 0 Å². The zero-order chi connectivity index (χ0) is 13.0. The molecule has 17 heavy (non-hydrogen) atoms. The average molecular weight is 266 g/mol. The number of hydrogen-bond acceptors (Lipinski definition) is 1. The first-order valence-electron chi connectivity index (χ1n) is 7.06. The van der Waals surface area contributed by atoms with Gasteiger partial charge in [0.25, 0.3) is 0 Å². The SMILES string of the molecule is CCCCC[NH2+]CP(=O)(O)C[NH2+]CCCCC. The van der Waals surface area contributed by atoms with E-state index in [9.17, 15) is 9.46 Å². The predicted molar refractivity (Wildman–Crippen MR) is 72.2 cm³/mol. The van der Waals surface area contributed by atoms with Gasteiger partial charge in [0, 0.05) is 0 Å². The quantitative estimate of drug-likeness (QED) is 0.359. The van der Waals surface area contributed by atoms with Gasteiger partial charge in [0.15, 0.2) is 12.6 Å². The Morgan fingerprint density at radius 2 is 1.29 bits per heavy atom. The molecule has 4 nitrogen and oxygen atoms in total. The zero-order valence-corrected chi connectivity index (χ0v) is 12.4. The van der Waals surface area contributed by atoms with Gasteiger partial charge in [-0.25, -0.2) is 0 Å². The van der Waals surface area contributed by atoms with Crippen LogP contribution in [0, 0.1) is 0 Å². The molecule has 0 unspecified atom stereocenters. The van der Waals surface area contributed by atoms with Crippen LogP contribution in [0.15, 0.2) is 0 Å². The number of quaternary nitrogens is 2. The van der Waals surface area contributed by atoms with E-state index in [1.54, 1.807) is 0 Å². The molecule has 0 amide bonds. The van der Waals surface area contributed by atoms with E-state index in [2.05, 4.69) is 13.8 Å². The van der Waals surface area contributed by atoms with Crippen molar-refractivity contribution < 1.29 is 20.1 Å². The fourth-order valence-electron chi connectivity index (χ4n) is 1.74. The number of nitrogens with two attached hydrogens (primary N) is 2. The first-order valence-corrected chi connectivity index (χ1v) is 9.09. The van der Waals surface area contributed by atoms with Gasteiger partial charge in [-0.05, 0) is 25.7 Å².